The van der Waals surface area contributed by atoms with Crippen molar-refractivity contribution in [3.8, 4) is 5.75 Å². The van der Waals surface area contributed by atoms with Gasteiger partial charge >= 0.3 is 5.97 Å². The number of rotatable bonds is 7. The van der Waals surface area contributed by atoms with Crippen LogP contribution >= 0.6 is 0 Å². The molecule has 2 N–H and O–H groups in total. The Balaban J connectivity index is 2.81. The Morgan fingerprint density at radius 1 is 1.38 bits per heavy atom. The van der Waals surface area contributed by atoms with Crippen molar-refractivity contribution >= 4 is 5.97 Å². The first-order chi connectivity index (χ1) is 9.79. The van der Waals surface area contributed by atoms with Gasteiger partial charge in [0.25, 0.3) is 0 Å². The fraction of sp³-hybridized carbons (Fsp3) is 0.588. The van der Waals surface area contributed by atoms with E-state index in [9.17, 15) is 4.79 Å². The van der Waals surface area contributed by atoms with E-state index >= 15 is 0 Å². The number of carboxylic acid groups (broad SMARTS) is 1. The molecule has 0 aliphatic rings. The zero-order valence-corrected chi connectivity index (χ0v) is 13.7. The van der Waals surface area contributed by atoms with Gasteiger partial charge in [-0.3, -0.25) is 4.79 Å². The molecule has 0 heterocycles. The molecule has 0 aliphatic heterocycles. The minimum atomic E-state index is -0.849. The third kappa shape index (κ3) is 5.05. The number of hydrogen-bond acceptors (Lipinski definition) is 3. The molecule has 0 saturated carbocycles. The molecule has 1 unspecified atom stereocenters. The summed E-state index contributed by atoms with van der Waals surface area (Å²) in [6, 6.07) is 5.67. The Morgan fingerprint density at radius 3 is 2.52 bits per heavy atom. The van der Waals surface area contributed by atoms with Gasteiger partial charge in [0.05, 0.1) is 6.61 Å². The largest absolute Gasteiger partial charge is 0.493 e. The Kier molecular flexibility index (Phi) is 6.21. The number of nitrogens with one attached hydrogen (secondary N) is 1. The predicted molar refractivity (Wildman–Crippen MR) is 85.1 cm³/mol. The van der Waals surface area contributed by atoms with Crippen LogP contribution in [0.2, 0.25) is 0 Å². The fourth-order valence-corrected chi connectivity index (χ4v) is 2.19. The summed E-state index contributed by atoms with van der Waals surface area (Å²) >= 11 is 0. The van der Waals surface area contributed by atoms with Crippen LogP contribution in [0.1, 0.15) is 45.2 Å². The van der Waals surface area contributed by atoms with Crippen molar-refractivity contribution < 1.29 is 14.6 Å². The van der Waals surface area contributed by atoms with E-state index in [4.69, 9.17) is 9.84 Å². The molecule has 21 heavy (non-hydrogen) atoms. The van der Waals surface area contributed by atoms with E-state index in [0.29, 0.717) is 13.0 Å². The molecule has 0 spiro atoms. The third-order valence-electron chi connectivity index (χ3n) is 3.57. The molecule has 1 atom stereocenters. The van der Waals surface area contributed by atoms with E-state index in [1.807, 2.05) is 6.07 Å². The van der Waals surface area contributed by atoms with Crippen LogP contribution in [0.15, 0.2) is 18.2 Å². The van der Waals surface area contributed by atoms with Crippen LogP contribution < -0.4 is 10.1 Å². The van der Waals surface area contributed by atoms with Crippen LogP contribution in [0.4, 0.5) is 0 Å². The number of ether oxygens (including phenoxy) is 1. The zero-order chi connectivity index (χ0) is 16.0. The minimum absolute atomic E-state index is 0.00425. The standard InChI is InChI=1S/C17H27NO3/c1-6-12-7-8-15(13(11-12)17(2,3)4)21-10-9-14(18-5)16(19)20/h7-8,11,14,18H,6,9-10H2,1-5H3,(H,19,20). The lowest BCUT2D eigenvalue weighted by molar-refractivity contribution is -0.139. The molecule has 0 amide bonds. The number of hydrogen-bond donors (Lipinski definition) is 2. The van der Waals surface area contributed by atoms with Crippen molar-refractivity contribution in [3.63, 3.8) is 0 Å². The first kappa shape index (κ1) is 17.5. The lowest BCUT2D eigenvalue weighted by Gasteiger charge is -2.24. The average molecular weight is 293 g/mol. The first-order valence-electron chi connectivity index (χ1n) is 7.45. The average Bonchev–Trinajstić information content (AvgIpc) is 2.42. The van der Waals surface area contributed by atoms with Crippen LogP contribution in [0.25, 0.3) is 0 Å². The lowest BCUT2D eigenvalue weighted by atomic mass is 9.85. The van der Waals surface area contributed by atoms with E-state index < -0.39 is 12.0 Å². The summed E-state index contributed by atoms with van der Waals surface area (Å²) in [5.74, 6) is -0.00147. The Morgan fingerprint density at radius 2 is 2.05 bits per heavy atom. The van der Waals surface area contributed by atoms with Gasteiger partial charge in [0.2, 0.25) is 0 Å². The van der Waals surface area contributed by atoms with Gasteiger partial charge in [-0.05, 0) is 36.1 Å². The van der Waals surface area contributed by atoms with Crippen molar-refractivity contribution in [3.05, 3.63) is 29.3 Å². The van der Waals surface area contributed by atoms with Gasteiger partial charge < -0.3 is 15.2 Å². The van der Waals surface area contributed by atoms with E-state index in [0.717, 1.165) is 17.7 Å². The zero-order valence-electron chi connectivity index (χ0n) is 13.7. The highest BCUT2D eigenvalue weighted by Gasteiger charge is 2.20. The van der Waals surface area contributed by atoms with Gasteiger partial charge in [-0.2, -0.15) is 0 Å². The maximum atomic E-state index is 11.0. The number of likely N-dealkylation sites (N-methyl/N-ethyl adjacent to an activating group) is 1. The van der Waals surface area contributed by atoms with Gasteiger partial charge in [0.15, 0.2) is 0 Å². The van der Waals surface area contributed by atoms with Crippen LogP contribution in [0.5, 0.6) is 5.75 Å². The number of aryl methyl sites for hydroxylation is 1. The Hall–Kier alpha value is -1.55. The number of benzene rings is 1. The van der Waals surface area contributed by atoms with Crippen molar-refractivity contribution in [1.29, 1.82) is 0 Å². The van der Waals surface area contributed by atoms with Crippen LogP contribution in [0.3, 0.4) is 0 Å². The van der Waals surface area contributed by atoms with Gasteiger partial charge in [0, 0.05) is 6.42 Å². The molecule has 1 aromatic rings. The summed E-state index contributed by atoms with van der Waals surface area (Å²) < 4.78 is 5.84. The highest BCUT2D eigenvalue weighted by Crippen LogP contribution is 2.32. The van der Waals surface area contributed by atoms with Crippen molar-refractivity contribution in [2.24, 2.45) is 0 Å². The summed E-state index contributed by atoms with van der Waals surface area (Å²) in [6.45, 7) is 8.98. The molecule has 1 aromatic carbocycles. The molecule has 118 valence electrons. The monoisotopic (exact) mass is 293 g/mol. The minimum Gasteiger partial charge on any atom is -0.493 e. The summed E-state index contributed by atoms with van der Waals surface area (Å²) in [5.41, 5.74) is 2.44. The maximum Gasteiger partial charge on any atom is 0.320 e. The van der Waals surface area contributed by atoms with Crippen LogP contribution in [0, 0.1) is 0 Å². The molecule has 0 aliphatic carbocycles. The summed E-state index contributed by atoms with van der Waals surface area (Å²) in [7, 11) is 1.65. The number of carbonyl (C=O) groups is 1. The molecule has 4 nitrogen and oxygen atoms in total. The lowest BCUT2D eigenvalue weighted by Crippen LogP contribution is -2.35. The van der Waals surface area contributed by atoms with Gasteiger partial charge in [-0.25, -0.2) is 0 Å². The molecular weight excluding hydrogens is 266 g/mol. The Bertz CT molecular complexity index is 477. The van der Waals surface area contributed by atoms with E-state index in [-0.39, 0.29) is 5.41 Å². The topological polar surface area (TPSA) is 58.6 Å². The maximum absolute atomic E-state index is 11.0. The van der Waals surface area contributed by atoms with E-state index in [1.54, 1.807) is 7.05 Å². The highest BCUT2D eigenvalue weighted by atomic mass is 16.5. The molecule has 0 fully saturated rings. The summed E-state index contributed by atoms with van der Waals surface area (Å²) in [5, 5.41) is 11.8. The quantitative estimate of drug-likeness (QED) is 0.811. The SMILES string of the molecule is CCc1ccc(OCCC(NC)C(=O)O)c(C(C)(C)C)c1. The fourth-order valence-electron chi connectivity index (χ4n) is 2.19. The van der Waals surface area contributed by atoms with Crippen molar-refractivity contribution in [2.45, 2.75) is 52.0 Å². The van der Waals surface area contributed by atoms with Crippen molar-refractivity contribution in [2.75, 3.05) is 13.7 Å². The molecule has 0 saturated heterocycles. The molecule has 1 rings (SSSR count). The van der Waals surface area contributed by atoms with Crippen molar-refractivity contribution in [1.82, 2.24) is 5.32 Å². The van der Waals surface area contributed by atoms with E-state index in [1.165, 1.54) is 5.56 Å². The molecule has 0 radical (unpaired) electrons. The number of aliphatic carboxylic acids is 1. The summed E-state index contributed by atoms with van der Waals surface area (Å²) in [6.07, 6.45) is 1.43. The second-order valence-corrected chi connectivity index (χ2v) is 6.25. The molecule has 0 aromatic heterocycles. The number of carboxylic acids is 1. The molecule has 0 bridgehead atoms. The van der Waals surface area contributed by atoms with Gasteiger partial charge in [0.1, 0.15) is 11.8 Å². The second kappa shape index (κ2) is 7.46. The Labute approximate surface area is 127 Å². The van der Waals surface area contributed by atoms with Crippen LogP contribution in [-0.4, -0.2) is 30.8 Å². The van der Waals surface area contributed by atoms with E-state index in [2.05, 4.69) is 45.1 Å². The normalized spacial score (nSPS) is 13.0. The third-order valence-corrected chi connectivity index (χ3v) is 3.57. The van der Waals surface area contributed by atoms with Crippen LogP contribution in [-0.2, 0) is 16.6 Å². The predicted octanol–water partition coefficient (Wildman–Crippen LogP) is 2.99. The highest BCUT2D eigenvalue weighted by molar-refractivity contribution is 5.73. The van der Waals surface area contributed by atoms with Gasteiger partial charge in [-0.1, -0.05) is 39.8 Å². The summed E-state index contributed by atoms with van der Waals surface area (Å²) in [4.78, 5) is 11.0. The van der Waals surface area contributed by atoms with Gasteiger partial charge in [-0.15, -0.1) is 0 Å². The first-order valence-corrected chi connectivity index (χ1v) is 7.45. The smallest absolute Gasteiger partial charge is 0.320 e. The molecule has 4 heteroatoms. The second-order valence-electron chi connectivity index (χ2n) is 6.25. The molecular formula is C17H27NO3.